The molecule has 1 fully saturated rings. The van der Waals surface area contributed by atoms with Crippen LogP contribution in [0.1, 0.15) is 32.3 Å². The molecule has 110 valence electrons. The molecule has 2 heterocycles. The number of carbonyl (C=O) groups is 1. The Kier molecular flexibility index (Phi) is 4.76. The number of rotatable bonds is 5. The van der Waals surface area contributed by atoms with Gasteiger partial charge in [0.25, 0.3) is 0 Å². The van der Waals surface area contributed by atoms with Gasteiger partial charge in [-0.3, -0.25) is 4.79 Å². The van der Waals surface area contributed by atoms with E-state index in [1.165, 1.54) is 6.33 Å². The number of anilines is 1. The van der Waals surface area contributed by atoms with Crippen molar-refractivity contribution in [2.75, 3.05) is 25.0 Å². The van der Waals surface area contributed by atoms with Crippen molar-refractivity contribution in [3.63, 3.8) is 0 Å². The predicted octanol–water partition coefficient (Wildman–Crippen LogP) is 1.61. The molecule has 0 bridgehead atoms. The number of carbonyl (C=O) groups excluding carboxylic acids is 1. The number of likely N-dealkylation sites (tertiary alicyclic amines) is 1. The van der Waals surface area contributed by atoms with Crippen LogP contribution in [-0.2, 0) is 4.79 Å². The average molecular weight is 278 g/mol. The summed E-state index contributed by atoms with van der Waals surface area (Å²) in [6, 6.07) is -0.295. The number of nitrogens with one attached hydrogen (secondary N) is 1. The van der Waals surface area contributed by atoms with Crippen molar-refractivity contribution in [1.29, 1.82) is 0 Å². The summed E-state index contributed by atoms with van der Waals surface area (Å²) in [6.07, 6.45) is 3.65. The molecule has 1 N–H and O–H groups in total. The fourth-order valence-corrected chi connectivity index (χ4v) is 2.34. The van der Waals surface area contributed by atoms with Gasteiger partial charge in [0.05, 0.1) is 12.2 Å². The summed E-state index contributed by atoms with van der Waals surface area (Å²) in [7, 11) is 0. The Balaban J connectivity index is 2.05. The highest BCUT2D eigenvalue weighted by molar-refractivity contribution is 5.84. The number of nitrogens with zero attached hydrogens (tertiary/aromatic N) is 3. The molecule has 0 radical (unpaired) electrons. The van der Waals surface area contributed by atoms with E-state index in [-0.39, 0.29) is 11.9 Å². The van der Waals surface area contributed by atoms with Gasteiger partial charge in [-0.1, -0.05) is 0 Å². The molecule has 6 nitrogen and oxygen atoms in total. The summed E-state index contributed by atoms with van der Waals surface area (Å²) in [5, 5.41) is 3.16. The molecule has 1 amide bonds. The maximum absolute atomic E-state index is 12.3. The summed E-state index contributed by atoms with van der Waals surface area (Å²) in [5.74, 6) is 1.34. The van der Waals surface area contributed by atoms with Crippen LogP contribution in [0.5, 0.6) is 5.88 Å². The molecule has 1 atom stereocenters. The minimum absolute atomic E-state index is 0.124. The van der Waals surface area contributed by atoms with E-state index in [1.807, 2.05) is 25.7 Å². The van der Waals surface area contributed by atoms with E-state index >= 15 is 0 Å². The van der Waals surface area contributed by atoms with Gasteiger partial charge < -0.3 is 15.0 Å². The monoisotopic (exact) mass is 278 g/mol. The molecule has 1 saturated heterocycles. The molecule has 1 aromatic rings. The van der Waals surface area contributed by atoms with Crippen molar-refractivity contribution in [3.8, 4) is 5.88 Å². The van der Waals surface area contributed by atoms with E-state index in [0.717, 1.165) is 31.5 Å². The van der Waals surface area contributed by atoms with Crippen molar-refractivity contribution >= 4 is 11.7 Å². The van der Waals surface area contributed by atoms with Gasteiger partial charge in [0.15, 0.2) is 0 Å². The zero-order valence-electron chi connectivity index (χ0n) is 12.3. The summed E-state index contributed by atoms with van der Waals surface area (Å²) in [5.41, 5.74) is 0.829. The average Bonchev–Trinajstić information content (AvgIpc) is 2.96. The molecule has 6 heteroatoms. The van der Waals surface area contributed by atoms with Gasteiger partial charge in [0.2, 0.25) is 11.8 Å². The Morgan fingerprint density at radius 3 is 2.80 bits per heavy atom. The minimum atomic E-state index is -0.295. The highest BCUT2D eigenvalue weighted by Gasteiger charge is 2.24. The Hall–Kier alpha value is -1.85. The van der Waals surface area contributed by atoms with Crippen molar-refractivity contribution in [2.45, 2.75) is 39.7 Å². The topological polar surface area (TPSA) is 67.4 Å². The summed E-state index contributed by atoms with van der Waals surface area (Å²) in [4.78, 5) is 22.4. The molecule has 0 spiro atoms. The van der Waals surface area contributed by atoms with Crippen LogP contribution in [0.15, 0.2) is 6.33 Å². The number of hydrogen-bond acceptors (Lipinski definition) is 5. The Labute approximate surface area is 119 Å². The molecule has 1 unspecified atom stereocenters. The lowest BCUT2D eigenvalue weighted by Gasteiger charge is -2.22. The zero-order valence-corrected chi connectivity index (χ0v) is 12.3. The fourth-order valence-electron chi connectivity index (χ4n) is 2.34. The van der Waals surface area contributed by atoms with Crippen molar-refractivity contribution in [2.24, 2.45) is 0 Å². The highest BCUT2D eigenvalue weighted by Crippen LogP contribution is 2.21. The lowest BCUT2D eigenvalue weighted by molar-refractivity contribution is -0.130. The predicted molar refractivity (Wildman–Crippen MR) is 76.8 cm³/mol. The second-order valence-corrected chi connectivity index (χ2v) is 4.98. The summed E-state index contributed by atoms with van der Waals surface area (Å²) >= 11 is 0. The third kappa shape index (κ3) is 3.18. The van der Waals surface area contributed by atoms with E-state index in [1.54, 1.807) is 0 Å². The second-order valence-electron chi connectivity index (χ2n) is 4.98. The van der Waals surface area contributed by atoms with Crippen molar-refractivity contribution in [3.05, 3.63) is 11.9 Å². The van der Waals surface area contributed by atoms with Crippen molar-refractivity contribution < 1.29 is 9.53 Å². The standard InChI is InChI=1S/C14H22N4O2/c1-4-20-13-10(2)12(15-9-16-13)17-11(3)14(19)18-7-5-6-8-18/h9,11H,4-8H2,1-3H3,(H,15,16,17). The van der Waals surface area contributed by atoms with Crippen LogP contribution < -0.4 is 10.1 Å². The second kappa shape index (κ2) is 6.54. The molecule has 1 aliphatic rings. The number of amides is 1. The highest BCUT2D eigenvalue weighted by atomic mass is 16.5. The maximum atomic E-state index is 12.3. The van der Waals surface area contributed by atoms with Crippen LogP contribution in [0.3, 0.4) is 0 Å². The number of aromatic nitrogens is 2. The first-order valence-electron chi connectivity index (χ1n) is 7.13. The van der Waals surface area contributed by atoms with E-state index in [2.05, 4.69) is 15.3 Å². The fraction of sp³-hybridized carbons (Fsp3) is 0.643. The molecule has 0 aromatic carbocycles. The Morgan fingerprint density at radius 2 is 2.15 bits per heavy atom. The number of hydrogen-bond donors (Lipinski definition) is 1. The molecular weight excluding hydrogens is 256 g/mol. The van der Waals surface area contributed by atoms with Gasteiger partial charge in [-0.2, -0.15) is 0 Å². The molecule has 20 heavy (non-hydrogen) atoms. The van der Waals surface area contributed by atoms with Gasteiger partial charge in [-0.25, -0.2) is 9.97 Å². The first-order chi connectivity index (χ1) is 9.63. The third-order valence-electron chi connectivity index (χ3n) is 3.46. The lowest BCUT2D eigenvalue weighted by Crippen LogP contribution is -2.39. The Bertz CT molecular complexity index is 472. The van der Waals surface area contributed by atoms with Crippen LogP contribution in [0.4, 0.5) is 5.82 Å². The summed E-state index contributed by atoms with van der Waals surface area (Å²) < 4.78 is 5.43. The zero-order chi connectivity index (χ0) is 14.5. The Morgan fingerprint density at radius 1 is 1.45 bits per heavy atom. The van der Waals surface area contributed by atoms with Crippen LogP contribution in [-0.4, -0.2) is 46.5 Å². The molecule has 2 rings (SSSR count). The SMILES string of the molecule is CCOc1ncnc(NC(C)C(=O)N2CCCC2)c1C. The van der Waals surface area contributed by atoms with Crippen LogP contribution in [0.2, 0.25) is 0 Å². The summed E-state index contributed by atoms with van der Waals surface area (Å²) in [6.45, 7) is 7.94. The first-order valence-corrected chi connectivity index (χ1v) is 7.13. The van der Waals surface area contributed by atoms with Gasteiger partial charge in [-0.05, 0) is 33.6 Å². The van der Waals surface area contributed by atoms with Crippen LogP contribution >= 0.6 is 0 Å². The quantitative estimate of drug-likeness (QED) is 0.886. The number of ether oxygens (including phenoxy) is 1. The maximum Gasteiger partial charge on any atom is 0.244 e. The van der Waals surface area contributed by atoms with E-state index in [9.17, 15) is 4.79 Å². The minimum Gasteiger partial charge on any atom is -0.478 e. The van der Waals surface area contributed by atoms with E-state index in [0.29, 0.717) is 18.3 Å². The molecule has 0 saturated carbocycles. The van der Waals surface area contributed by atoms with Gasteiger partial charge in [-0.15, -0.1) is 0 Å². The van der Waals surface area contributed by atoms with E-state index in [4.69, 9.17) is 4.74 Å². The van der Waals surface area contributed by atoms with E-state index < -0.39 is 0 Å². The normalized spacial score (nSPS) is 16.1. The molecular formula is C14H22N4O2. The van der Waals surface area contributed by atoms with Gasteiger partial charge in [0.1, 0.15) is 18.2 Å². The largest absolute Gasteiger partial charge is 0.478 e. The van der Waals surface area contributed by atoms with Crippen molar-refractivity contribution in [1.82, 2.24) is 14.9 Å². The lowest BCUT2D eigenvalue weighted by atomic mass is 10.2. The third-order valence-corrected chi connectivity index (χ3v) is 3.46. The molecule has 1 aliphatic heterocycles. The van der Waals surface area contributed by atoms with Gasteiger partial charge in [0, 0.05) is 13.1 Å². The molecule has 0 aliphatic carbocycles. The van der Waals surface area contributed by atoms with Crippen LogP contribution in [0.25, 0.3) is 0 Å². The van der Waals surface area contributed by atoms with Gasteiger partial charge >= 0.3 is 0 Å². The smallest absolute Gasteiger partial charge is 0.244 e. The first kappa shape index (κ1) is 14.6. The molecule has 1 aromatic heterocycles. The van der Waals surface area contributed by atoms with Crippen LogP contribution in [0, 0.1) is 6.92 Å².